The smallest absolute Gasteiger partial charge is 0.173 e. The van der Waals surface area contributed by atoms with E-state index in [2.05, 4.69) is 53.5 Å². The van der Waals surface area contributed by atoms with E-state index in [0.717, 1.165) is 50.7 Å². The quantitative estimate of drug-likeness (QED) is 0.427. The zero-order chi connectivity index (χ0) is 26.4. The molecule has 200 valence electrons. The first kappa shape index (κ1) is 27.4. The van der Waals surface area contributed by atoms with Crippen molar-refractivity contribution in [3.8, 4) is 5.75 Å². The van der Waals surface area contributed by atoms with Crippen LogP contribution >= 0.6 is 12.2 Å². The third kappa shape index (κ3) is 7.02. The molecule has 2 aromatic rings. The fourth-order valence-corrected chi connectivity index (χ4v) is 5.35. The Bertz CT molecular complexity index is 1110. The number of thiocarbonyl (C=S) groups is 1. The fraction of sp³-hybridized carbons (Fsp3) is 0.483. The Balaban J connectivity index is 1.45. The first-order valence-corrected chi connectivity index (χ1v) is 13.7. The number of ether oxygens (including phenoxy) is 1. The van der Waals surface area contributed by atoms with Gasteiger partial charge in [-0.2, -0.15) is 0 Å². The molecule has 1 fully saturated rings. The summed E-state index contributed by atoms with van der Waals surface area (Å²) in [7, 11) is 2.20. The van der Waals surface area contributed by atoms with E-state index in [4.69, 9.17) is 17.0 Å². The molecule has 0 saturated carbocycles. The molecule has 2 aromatic carbocycles. The van der Waals surface area contributed by atoms with Gasteiger partial charge in [0.05, 0.1) is 13.2 Å². The van der Waals surface area contributed by atoms with Gasteiger partial charge in [-0.25, -0.2) is 0 Å². The molecule has 0 aromatic heterocycles. The second kappa shape index (κ2) is 12.7. The Morgan fingerprint density at radius 3 is 2.57 bits per heavy atom. The number of aliphatic hydroxyl groups excluding tert-OH is 1. The minimum absolute atomic E-state index is 0.0380. The van der Waals surface area contributed by atoms with E-state index in [1.54, 1.807) is 0 Å². The number of anilines is 2. The van der Waals surface area contributed by atoms with Crippen LogP contribution in [0.25, 0.3) is 6.08 Å². The lowest BCUT2D eigenvalue weighted by atomic mass is 9.93. The number of piperazine rings is 1. The lowest BCUT2D eigenvalue weighted by Crippen LogP contribution is -2.44. The molecular weight excluding hydrogens is 482 g/mol. The van der Waals surface area contributed by atoms with Gasteiger partial charge in [-0.1, -0.05) is 6.08 Å². The summed E-state index contributed by atoms with van der Waals surface area (Å²) in [5, 5.41) is 17.3. The predicted molar refractivity (Wildman–Crippen MR) is 158 cm³/mol. The highest BCUT2D eigenvalue weighted by Crippen LogP contribution is 2.33. The van der Waals surface area contributed by atoms with E-state index in [-0.39, 0.29) is 6.61 Å². The highest BCUT2D eigenvalue weighted by Gasteiger charge is 2.21. The van der Waals surface area contributed by atoms with E-state index >= 15 is 0 Å². The van der Waals surface area contributed by atoms with Crippen LogP contribution in [-0.2, 0) is 6.54 Å². The molecule has 2 heterocycles. The minimum atomic E-state index is 0.0380. The number of hydrogen-bond donors (Lipinski definition) is 3. The van der Waals surface area contributed by atoms with Gasteiger partial charge in [0.2, 0.25) is 0 Å². The monoisotopic (exact) mass is 523 g/mol. The number of likely N-dealkylation sites (N-methyl/N-ethyl adjacent to an activating group) is 1. The second-order valence-corrected chi connectivity index (χ2v) is 10.4. The molecule has 37 heavy (non-hydrogen) atoms. The first-order chi connectivity index (χ1) is 17.9. The van der Waals surface area contributed by atoms with Crippen molar-refractivity contribution in [1.29, 1.82) is 0 Å². The SMILES string of the molecule is CCOc1ccc(NC(=S)N(CCO)CC2=Cc3cc(C)c(CN4CCN(C)CC4)c(C)c3NC2)cc1. The van der Waals surface area contributed by atoms with Gasteiger partial charge in [0.25, 0.3) is 0 Å². The number of fused-ring (bicyclic) bond motifs is 1. The van der Waals surface area contributed by atoms with E-state index < -0.39 is 0 Å². The first-order valence-electron chi connectivity index (χ1n) is 13.2. The van der Waals surface area contributed by atoms with E-state index in [0.29, 0.717) is 24.8 Å². The third-order valence-electron chi connectivity index (χ3n) is 7.26. The average Bonchev–Trinajstić information content (AvgIpc) is 2.88. The molecule has 2 aliphatic heterocycles. The molecule has 0 amide bonds. The second-order valence-electron chi connectivity index (χ2n) is 10.0. The van der Waals surface area contributed by atoms with Gasteiger partial charge >= 0.3 is 0 Å². The largest absolute Gasteiger partial charge is 0.494 e. The van der Waals surface area contributed by atoms with Crippen LogP contribution in [0.15, 0.2) is 35.9 Å². The van der Waals surface area contributed by atoms with Gasteiger partial charge in [-0.3, -0.25) is 4.90 Å². The van der Waals surface area contributed by atoms with E-state index in [1.807, 2.05) is 36.1 Å². The van der Waals surface area contributed by atoms with Crippen LogP contribution in [0.5, 0.6) is 5.75 Å². The number of nitrogens with one attached hydrogen (secondary N) is 2. The number of aliphatic hydroxyl groups is 1. The summed E-state index contributed by atoms with van der Waals surface area (Å²) in [5.74, 6) is 0.834. The predicted octanol–water partition coefficient (Wildman–Crippen LogP) is 3.95. The maximum absolute atomic E-state index is 9.70. The van der Waals surface area contributed by atoms with Gasteiger partial charge in [0, 0.05) is 63.7 Å². The van der Waals surface area contributed by atoms with Crippen molar-refractivity contribution in [2.45, 2.75) is 27.3 Å². The topological polar surface area (TPSA) is 63.2 Å². The van der Waals surface area contributed by atoms with Crippen molar-refractivity contribution in [3.05, 3.63) is 58.2 Å². The molecule has 8 heteroatoms. The van der Waals surface area contributed by atoms with Gasteiger partial charge in [0.1, 0.15) is 5.75 Å². The van der Waals surface area contributed by atoms with Gasteiger partial charge in [-0.05, 0) is 98.2 Å². The lowest BCUT2D eigenvalue weighted by molar-refractivity contribution is 0.148. The van der Waals surface area contributed by atoms with Crippen molar-refractivity contribution in [2.75, 3.05) is 76.7 Å². The van der Waals surface area contributed by atoms with Crippen LogP contribution in [0.2, 0.25) is 0 Å². The number of nitrogens with zero attached hydrogens (tertiary/aromatic N) is 3. The Labute approximate surface area is 227 Å². The third-order valence-corrected chi connectivity index (χ3v) is 7.62. The summed E-state index contributed by atoms with van der Waals surface area (Å²) >= 11 is 5.71. The molecule has 0 radical (unpaired) electrons. The number of rotatable bonds is 9. The van der Waals surface area contributed by atoms with Gasteiger partial charge < -0.3 is 30.3 Å². The van der Waals surface area contributed by atoms with E-state index in [9.17, 15) is 5.11 Å². The van der Waals surface area contributed by atoms with Crippen molar-refractivity contribution in [1.82, 2.24) is 14.7 Å². The van der Waals surface area contributed by atoms with Crippen LogP contribution in [0, 0.1) is 13.8 Å². The summed E-state index contributed by atoms with van der Waals surface area (Å²) in [5.41, 5.74) is 8.74. The molecule has 0 unspecified atom stereocenters. The highest BCUT2D eigenvalue weighted by atomic mass is 32.1. The van der Waals surface area contributed by atoms with Crippen LogP contribution in [-0.4, -0.2) is 91.0 Å². The van der Waals surface area contributed by atoms with Crippen LogP contribution in [0.4, 0.5) is 11.4 Å². The Morgan fingerprint density at radius 1 is 1.16 bits per heavy atom. The standard InChI is InChI=1S/C29H41N5O2S/c1-5-36-26-8-6-25(7-9-26)31-29(37)34(14-15-35)19-23-17-24-16-21(2)27(22(3)28(24)30-18-23)20-33-12-10-32(4)11-13-33/h6-9,16-17,30,35H,5,10-15,18-20H2,1-4H3,(H,31,37). The van der Waals surface area contributed by atoms with Crippen molar-refractivity contribution in [2.24, 2.45) is 0 Å². The molecular formula is C29H41N5O2S. The fourth-order valence-electron chi connectivity index (χ4n) is 5.07. The molecule has 0 bridgehead atoms. The summed E-state index contributed by atoms with van der Waals surface area (Å²) in [6, 6.07) is 10.1. The number of hydrogen-bond acceptors (Lipinski definition) is 6. The average molecular weight is 524 g/mol. The summed E-state index contributed by atoms with van der Waals surface area (Å²) in [6.07, 6.45) is 2.29. The maximum atomic E-state index is 9.70. The molecule has 4 rings (SSSR count). The molecule has 7 nitrogen and oxygen atoms in total. The summed E-state index contributed by atoms with van der Waals surface area (Å²) in [6.45, 7) is 14.5. The van der Waals surface area contributed by atoms with Crippen molar-refractivity contribution >= 4 is 34.8 Å². The number of benzene rings is 2. The van der Waals surface area contributed by atoms with Crippen molar-refractivity contribution in [3.63, 3.8) is 0 Å². The van der Waals surface area contributed by atoms with E-state index in [1.165, 1.54) is 33.5 Å². The molecule has 0 aliphatic carbocycles. The summed E-state index contributed by atoms with van der Waals surface area (Å²) in [4.78, 5) is 6.99. The summed E-state index contributed by atoms with van der Waals surface area (Å²) < 4.78 is 5.52. The Morgan fingerprint density at radius 2 is 1.89 bits per heavy atom. The lowest BCUT2D eigenvalue weighted by Gasteiger charge is -2.34. The van der Waals surface area contributed by atoms with Gasteiger partial charge in [0.15, 0.2) is 5.11 Å². The van der Waals surface area contributed by atoms with Crippen LogP contribution in [0.1, 0.15) is 29.2 Å². The van der Waals surface area contributed by atoms with Crippen LogP contribution < -0.4 is 15.4 Å². The Kier molecular flexibility index (Phi) is 9.43. The van der Waals surface area contributed by atoms with Crippen molar-refractivity contribution < 1.29 is 9.84 Å². The molecule has 0 spiro atoms. The zero-order valence-electron chi connectivity index (χ0n) is 22.6. The van der Waals surface area contributed by atoms with Crippen LogP contribution in [0.3, 0.4) is 0 Å². The minimum Gasteiger partial charge on any atom is -0.494 e. The normalized spacial score (nSPS) is 16.0. The van der Waals surface area contributed by atoms with Gasteiger partial charge in [-0.15, -0.1) is 0 Å². The molecule has 0 atom stereocenters. The maximum Gasteiger partial charge on any atom is 0.173 e. The highest BCUT2D eigenvalue weighted by molar-refractivity contribution is 7.80. The number of aryl methyl sites for hydroxylation is 1. The molecule has 1 saturated heterocycles. The molecule has 3 N–H and O–H groups in total. The Hall–Kier alpha value is -2.65. The molecule has 2 aliphatic rings. The zero-order valence-corrected chi connectivity index (χ0v) is 23.5.